The molecule has 180 valence electrons. The van der Waals surface area contributed by atoms with Crippen LogP contribution in [-0.2, 0) is 10.0 Å². The van der Waals surface area contributed by atoms with Gasteiger partial charge >= 0.3 is 0 Å². The van der Waals surface area contributed by atoms with Crippen molar-refractivity contribution in [2.45, 2.75) is 32.6 Å². The van der Waals surface area contributed by atoms with Gasteiger partial charge < -0.3 is 10.4 Å². The molecule has 0 saturated heterocycles. The minimum Gasteiger partial charge on any atom is -0.507 e. The van der Waals surface area contributed by atoms with Crippen LogP contribution in [0.5, 0.6) is 5.75 Å². The summed E-state index contributed by atoms with van der Waals surface area (Å²) < 4.78 is 27.7. The van der Waals surface area contributed by atoms with Crippen LogP contribution in [0.4, 0.5) is 11.6 Å². The fraction of sp³-hybridized carbons (Fsp3) is 0.167. The molecule has 0 unspecified atom stereocenters. The summed E-state index contributed by atoms with van der Waals surface area (Å²) in [4.78, 5) is 20.8. The Hall–Kier alpha value is -4.25. The summed E-state index contributed by atoms with van der Waals surface area (Å²) in [5.41, 5.74) is 4.73. The molecule has 4 rings (SSSR count). The van der Waals surface area contributed by atoms with Crippen molar-refractivity contribution in [3.8, 4) is 17.0 Å². The fourth-order valence-electron chi connectivity index (χ4n) is 3.45. The number of amides is 1. The highest BCUT2D eigenvalue weighted by Crippen LogP contribution is 2.31. The van der Waals surface area contributed by atoms with Gasteiger partial charge in [0.25, 0.3) is 15.9 Å². The Morgan fingerprint density at radius 3 is 2.20 bits per heavy atom. The maximum absolute atomic E-state index is 12.7. The van der Waals surface area contributed by atoms with Crippen LogP contribution in [0.15, 0.2) is 53.4 Å². The Morgan fingerprint density at radius 2 is 1.54 bits per heavy atom. The number of phenols is 1. The minimum absolute atomic E-state index is 0.00713. The molecule has 0 atom stereocenters. The molecule has 0 aliphatic rings. The number of phenolic OH excluding ortho intramolecular Hbond substituents is 1. The van der Waals surface area contributed by atoms with Gasteiger partial charge in [0.2, 0.25) is 5.95 Å². The summed E-state index contributed by atoms with van der Waals surface area (Å²) in [7, 11) is -3.91. The van der Waals surface area contributed by atoms with Crippen LogP contribution in [0.1, 0.15) is 33.0 Å². The average Bonchev–Trinajstić information content (AvgIpc) is 3.26. The van der Waals surface area contributed by atoms with Crippen molar-refractivity contribution in [1.82, 2.24) is 20.2 Å². The number of aryl methyl sites for hydroxylation is 4. The lowest BCUT2D eigenvalue weighted by atomic mass is 10.0. The number of aromatic amines is 1. The molecule has 0 saturated carbocycles. The van der Waals surface area contributed by atoms with E-state index in [0.29, 0.717) is 28.3 Å². The maximum Gasteiger partial charge on any atom is 0.273 e. The van der Waals surface area contributed by atoms with Crippen LogP contribution < -0.4 is 10.0 Å². The first-order valence-corrected chi connectivity index (χ1v) is 12.1. The minimum atomic E-state index is -3.91. The second kappa shape index (κ2) is 9.18. The number of hydrogen-bond donors (Lipinski definition) is 4. The number of rotatable bonds is 6. The van der Waals surface area contributed by atoms with E-state index in [1.54, 1.807) is 32.0 Å². The van der Waals surface area contributed by atoms with Crippen molar-refractivity contribution in [1.29, 1.82) is 0 Å². The quantitative estimate of drug-likeness (QED) is 0.319. The molecule has 0 bridgehead atoms. The first-order chi connectivity index (χ1) is 16.5. The molecule has 2 aromatic carbocycles. The SMILES string of the molecule is Cc1cc(C)nc(NS(=O)(=O)c2ccc(NC(=O)c3cc(-c4cc(C)c(C)cc4O)n[nH]3)cc2)n1. The van der Waals surface area contributed by atoms with E-state index < -0.39 is 15.9 Å². The molecule has 11 heteroatoms. The summed E-state index contributed by atoms with van der Waals surface area (Å²) in [5, 5.41) is 19.7. The number of aromatic nitrogens is 4. The first-order valence-electron chi connectivity index (χ1n) is 10.6. The predicted octanol–water partition coefficient (Wildman–Crippen LogP) is 3.86. The molecule has 4 aromatic rings. The van der Waals surface area contributed by atoms with Gasteiger partial charge in [-0.25, -0.2) is 23.1 Å². The van der Waals surface area contributed by atoms with Crippen LogP contribution in [0, 0.1) is 27.7 Å². The first kappa shape index (κ1) is 23.9. The second-order valence-corrected chi connectivity index (χ2v) is 9.86. The Balaban J connectivity index is 1.47. The zero-order valence-corrected chi connectivity index (χ0v) is 20.4. The van der Waals surface area contributed by atoms with E-state index in [1.165, 1.54) is 30.3 Å². The van der Waals surface area contributed by atoms with Gasteiger partial charge in [0, 0.05) is 22.6 Å². The van der Waals surface area contributed by atoms with Crippen LogP contribution in [0.2, 0.25) is 0 Å². The molecular weight excluding hydrogens is 468 g/mol. The third-order valence-corrected chi connectivity index (χ3v) is 6.68. The normalized spacial score (nSPS) is 11.3. The van der Waals surface area contributed by atoms with E-state index in [1.807, 2.05) is 13.8 Å². The van der Waals surface area contributed by atoms with Gasteiger partial charge in [-0.1, -0.05) is 0 Å². The van der Waals surface area contributed by atoms with Gasteiger partial charge in [-0.3, -0.25) is 9.89 Å². The highest BCUT2D eigenvalue weighted by molar-refractivity contribution is 7.92. The standard InChI is InChI=1S/C24H24N6O4S/c1-13-9-19(22(31)10-14(13)2)20-12-21(29-28-20)23(32)27-17-5-7-18(8-6-17)35(33,34)30-24-25-15(3)11-16(4)26-24/h5-12,31H,1-4H3,(H,27,32)(H,28,29)(H,25,26,30). The number of carbonyl (C=O) groups is 1. The van der Waals surface area contributed by atoms with Crippen molar-refractivity contribution >= 4 is 27.6 Å². The number of H-pyrrole nitrogens is 1. The molecular formula is C24H24N6O4S. The molecule has 35 heavy (non-hydrogen) atoms. The van der Waals surface area contributed by atoms with Gasteiger partial charge in [0.15, 0.2) is 0 Å². The van der Waals surface area contributed by atoms with Gasteiger partial charge in [-0.15, -0.1) is 0 Å². The zero-order valence-electron chi connectivity index (χ0n) is 19.5. The molecule has 0 aliphatic carbocycles. The van der Waals surface area contributed by atoms with E-state index in [4.69, 9.17) is 0 Å². The van der Waals surface area contributed by atoms with Crippen molar-refractivity contribution < 1.29 is 18.3 Å². The molecule has 0 spiro atoms. The van der Waals surface area contributed by atoms with Crippen molar-refractivity contribution in [3.63, 3.8) is 0 Å². The molecule has 1 amide bonds. The number of nitrogens with one attached hydrogen (secondary N) is 3. The van der Waals surface area contributed by atoms with Crippen molar-refractivity contribution in [3.05, 3.63) is 76.7 Å². The van der Waals surface area contributed by atoms with Gasteiger partial charge in [-0.05, 0) is 87.4 Å². The Labute approximate surface area is 202 Å². The average molecular weight is 493 g/mol. The Bertz CT molecular complexity index is 1510. The summed E-state index contributed by atoms with van der Waals surface area (Å²) in [5.74, 6) is -0.405. The molecule has 0 fully saturated rings. The lowest BCUT2D eigenvalue weighted by molar-refractivity contribution is 0.102. The van der Waals surface area contributed by atoms with E-state index >= 15 is 0 Å². The van der Waals surface area contributed by atoms with E-state index in [-0.39, 0.29) is 22.3 Å². The summed E-state index contributed by atoms with van der Waals surface area (Å²) in [6.45, 7) is 7.31. The summed E-state index contributed by atoms with van der Waals surface area (Å²) in [6.07, 6.45) is 0. The molecule has 2 aromatic heterocycles. The number of hydrogen-bond acceptors (Lipinski definition) is 7. The largest absolute Gasteiger partial charge is 0.507 e. The van der Waals surface area contributed by atoms with E-state index in [9.17, 15) is 18.3 Å². The van der Waals surface area contributed by atoms with Crippen LogP contribution >= 0.6 is 0 Å². The van der Waals surface area contributed by atoms with Gasteiger partial charge in [-0.2, -0.15) is 5.10 Å². The van der Waals surface area contributed by atoms with Gasteiger partial charge in [0.05, 0.1) is 10.6 Å². The number of aromatic hydroxyl groups is 1. The van der Waals surface area contributed by atoms with Crippen LogP contribution in [-0.4, -0.2) is 39.6 Å². The molecule has 10 nitrogen and oxygen atoms in total. The highest BCUT2D eigenvalue weighted by atomic mass is 32.2. The molecule has 2 heterocycles. The Kier molecular flexibility index (Phi) is 6.27. The van der Waals surface area contributed by atoms with Crippen molar-refractivity contribution in [2.75, 3.05) is 10.0 Å². The number of sulfonamides is 1. The molecule has 4 N–H and O–H groups in total. The topological polar surface area (TPSA) is 150 Å². The lowest BCUT2D eigenvalue weighted by Gasteiger charge is -2.09. The number of anilines is 2. The van der Waals surface area contributed by atoms with Gasteiger partial charge in [0.1, 0.15) is 11.4 Å². The van der Waals surface area contributed by atoms with E-state index in [0.717, 1.165) is 11.1 Å². The van der Waals surface area contributed by atoms with Crippen molar-refractivity contribution in [2.24, 2.45) is 0 Å². The number of carbonyl (C=O) groups excluding carboxylic acids is 1. The zero-order chi connectivity index (χ0) is 25.3. The monoisotopic (exact) mass is 492 g/mol. The third-order valence-electron chi connectivity index (χ3n) is 5.34. The van der Waals surface area contributed by atoms with E-state index in [2.05, 4.69) is 30.2 Å². The second-order valence-electron chi connectivity index (χ2n) is 8.18. The fourth-order valence-corrected chi connectivity index (χ4v) is 4.39. The summed E-state index contributed by atoms with van der Waals surface area (Å²) in [6, 6.07) is 12.4. The summed E-state index contributed by atoms with van der Waals surface area (Å²) >= 11 is 0. The predicted molar refractivity (Wildman–Crippen MR) is 132 cm³/mol. The van der Waals surface area contributed by atoms with Crippen LogP contribution in [0.25, 0.3) is 11.3 Å². The highest BCUT2D eigenvalue weighted by Gasteiger charge is 2.18. The third kappa shape index (κ3) is 5.30. The number of nitrogens with zero attached hydrogens (tertiary/aromatic N) is 3. The Morgan fingerprint density at radius 1 is 0.914 bits per heavy atom. The number of benzene rings is 2. The molecule has 0 radical (unpaired) electrons. The van der Waals surface area contributed by atoms with Crippen LogP contribution in [0.3, 0.4) is 0 Å². The smallest absolute Gasteiger partial charge is 0.273 e. The maximum atomic E-state index is 12.7. The lowest BCUT2D eigenvalue weighted by Crippen LogP contribution is -2.16. The molecule has 0 aliphatic heterocycles.